The summed E-state index contributed by atoms with van der Waals surface area (Å²) in [6.07, 6.45) is 8.30. The molecule has 2 rings (SSSR count). The van der Waals surface area contributed by atoms with Crippen molar-refractivity contribution in [3.63, 3.8) is 0 Å². The number of hydrogen-bond donors (Lipinski definition) is 0. The molecule has 0 aliphatic carbocycles. The predicted octanol–water partition coefficient (Wildman–Crippen LogP) is 6.21. The molecule has 2 heteroatoms. The maximum absolute atomic E-state index is 4.45. The first-order valence-electron chi connectivity index (χ1n) is 10.1. The summed E-state index contributed by atoms with van der Waals surface area (Å²) < 4.78 is 6.43. The Bertz CT molecular complexity index is 527. The molecule has 0 unspecified atom stereocenters. The summed E-state index contributed by atoms with van der Waals surface area (Å²) in [5.74, 6) is 0. The third kappa shape index (κ3) is 4.20. The van der Waals surface area contributed by atoms with Crippen LogP contribution in [0.15, 0.2) is 24.8 Å². The maximum atomic E-state index is 4.45. The number of hydrogen-bond acceptors (Lipinski definition) is 1. The van der Waals surface area contributed by atoms with E-state index in [1.54, 1.807) is 18.9 Å². The summed E-state index contributed by atoms with van der Waals surface area (Å²) in [7, 11) is 2.22. The van der Waals surface area contributed by atoms with Gasteiger partial charge in [-0.25, -0.2) is 0 Å². The van der Waals surface area contributed by atoms with Gasteiger partial charge in [-0.2, -0.15) is 0 Å². The van der Waals surface area contributed by atoms with Crippen molar-refractivity contribution in [3.05, 3.63) is 30.3 Å². The fourth-order valence-corrected chi connectivity index (χ4v) is 21.4. The van der Waals surface area contributed by atoms with E-state index in [0.717, 1.165) is 6.54 Å². The summed E-state index contributed by atoms with van der Waals surface area (Å²) in [5.41, 5.74) is 4.39. The summed E-state index contributed by atoms with van der Waals surface area (Å²) in [4.78, 5) is 2.40. The van der Waals surface area contributed by atoms with Crippen LogP contribution >= 0.6 is 0 Å². The summed E-state index contributed by atoms with van der Waals surface area (Å²) in [5, 5.41) is 0. The van der Waals surface area contributed by atoms with Crippen molar-refractivity contribution in [1.29, 1.82) is 0 Å². The first-order chi connectivity index (χ1) is 11.6. The molecule has 0 radical (unpaired) electrons. The van der Waals surface area contributed by atoms with Crippen LogP contribution in [0.2, 0.25) is 13.3 Å². The van der Waals surface area contributed by atoms with Crippen LogP contribution < -0.4 is 8.48 Å². The van der Waals surface area contributed by atoms with Gasteiger partial charge in [0.05, 0.1) is 0 Å². The molecule has 1 aliphatic rings. The number of likely N-dealkylation sites (N-methyl/N-ethyl adjacent to an activating group) is 1. The van der Waals surface area contributed by atoms with E-state index in [2.05, 4.69) is 57.5 Å². The zero-order chi connectivity index (χ0) is 17.6. The van der Waals surface area contributed by atoms with Gasteiger partial charge >= 0.3 is 155 Å². The number of nitrogens with zero attached hydrogens (tertiary/aromatic N) is 1. The molecule has 1 nitrogen and oxygen atoms in total. The second kappa shape index (κ2) is 9.31. The van der Waals surface area contributed by atoms with E-state index in [1.807, 2.05) is 3.58 Å². The Morgan fingerprint density at radius 2 is 1.50 bits per heavy atom. The molecule has 1 aromatic rings. The van der Waals surface area contributed by atoms with E-state index in [4.69, 9.17) is 0 Å². The van der Waals surface area contributed by atoms with Crippen LogP contribution in [-0.2, 0) is 0 Å². The van der Waals surface area contributed by atoms with Crippen molar-refractivity contribution in [2.24, 2.45) is 0 Å². The summed E-state index contributed by atoms with van der Waals surface area (Å²) in [6.45, 7) is 12.5. The molecule has 24 heavy (non-hydrogen) atoms. The Balaban J connectivity index is 2.51. The van der Waals surface area contributed by atoms with Crippen LogP contribution in [0.3, 0.4) is 0 Å². The predicted molar refractivity (Wildman–Crippen MR) is 113 cm³/mol. The van der Waals surface area contributed by atoms with E-state index < -0.39 is 18.4 Å². The SMILES string of the molecule is C=C1CN(C)c2ccc[c]([Sn]([CH2]CCC)([CH2]CCC)[CH2]CCC)c21. The number of anilines is 1. The van der Waals surface area contributed by atoms with E-state index in [-0.39, 0.29) is 0 Å². The molecular formula is C22H37NSn. The zero-order valence-electron chi connectivity index (χ0n) is 16.5. The standard InChI is InChI=1S/C10H10N.3C4H9.Sn/c1-8-7-11(2)10-6-4-3-5-9(8)10;3*1-3-4-2;/h3-4,6H,1,7H2,2H3;3*1,3-4H2,2H3;. The van der Waals surface area contributed by atoms with Crippen molar-refractivity contribution in [2.45, 2.75) is 72.6 Å². The number of fused-ring (bicyclic) bond motifs is 1. The van der Waals surface area contributed by atoms with Crippen molar-refractivity contribution >= 4 is 33.2 Å². The van der Waals surface area contributed by atoms with Crippen LogP contribution in [-0.4, -0.2) is 32.0 Å². The van der Waals surface area contributed by atoms with Crippen molar-refractivity contribution in [2.75, 3.05) is 18.5 Å². The summed E-state index contributed by atoms with van der Waals surface area (Å²) >= 11 is -2.37. The molecule has 134 valence electrons. The molecule has 0 N–H and O–H groups in total. The van der Waals surface area contributed by atoms with Crippen molar-refractivity contribution in [1.82, 2.24) is 0 Å². The third-order valence-electron chi connectivity index (χ3n) is 5.83. The van der Waals surface area contributed by atoms with Gasteiger partial charge in [-0.1, -0.05) is 0 Å². The molecule has 0 fully saturated rings. The Morgan fingerprint density at radius 1 is 0.958 bits per heavy atom. The summed E-state index contributed by atoms with van der Waals surface area (Å²) in [6, 6.07) is 7.16. The molecule has 0 amide bonds. The van der Waals surface area contributed by atoms with Crippen molar-refractivity contribution < 1.29 is 0 Å². The average molecular weight is 434 g/mol. The normalized spacial score (nSPS) is 14.3. The second-order valence-electron chi connectivity index (χ2n) is 7.75. The Morgan fingerprint density at radius 3 is 2.00 bits per heavy atom. The van der Waals surface area contributed by atoms with E-state index in [0.29, 0.717) is 0 Å². The monoisotopic (exact) mass is 435 g/mol. The van der Waals surface area contributed by atoms with Gasteiger partial charge in [0.25, 0.3) is 0 Å². The van der Waals surface area contributed by atoms with E-state index in [1.165, 1.54) is 49.8 Å². The molecular weight excluding hydrogens is 397 g/mol. The Kier molecular flexibility index (Phi) is 7.71. The van der Waals surface area contributed by atoms with Gasteiger partial charge in [0.2, 0.25) is 0 Å². The first-order valence-corrected chi connectivity index (χ1v) is 17.6. The second-order valence-corrected chi connectivity index (χ2v) is 20.9. The van der Waals surface area contributed by atoms with Crippen molar-refractivity contribution in [3.8, 4) is 0 Å². The topological polar surface area (TPSA) is 3.24 Å². The molecule has 0 saturated heterocycles. The number of unbranched alkanes of at least 4 members (excludes halogenated alkanes) is 3. The van der Waals surface area contributed by atoms with Gasteiger partial charge in [-0.05, 0) is 0 Å². The fraction of sp³-hybridized carbons (Fsp3) is 0.636. The average Bonchev–Trinajstić information content (AvgIpc) is 2.89. The Hall–Kier alpha value is -0.441. The molecule has 0 spiro atoms. The first kappa shape index (κ1) is 19.9. The zero-order valence-corrected chi connectivity index (χ0v) is 19.3. The molecule has 1 aliphatic heterocycles. The van der Waals surface area contributed by atoms with E-state index in [9.17, 15) is 0 Å². The van der Waals surface area contributed by atoms with Gasteiger partial charge in [0, 0.05) is 0 Å². The van der Waals surface area contributed by atoms with Gasteiger partial charge in [0.15, 0.2) is 0 Å². The van der Waals surface area contributed by atoms with Crippen LogP contribution in [0.5, 0.6) is 0 Å². The molecule has 0 saturated carbocycles. The van der Waals surface area contributed by atoms with Gasteiger partial charge in [-0.15, -0.1) is 0 Å². The quantitative estimate of drug-likeness (QED) is 0.396. The molecule has 0 bridgehead atoms. The van der Waals surface area contributed by atoms with Crippen LogP contribution in [0.25, 0.3) is 5.57 Å². The number of rotatable bonds is 10. The third-order valence-corrected chi connectivity index (χ3v) is 21.5. The molecule has 1 aromatic carbocycles. The fourth-order valence-electron chi connectivity index (χ4n) is 4.45. The minimum absolute atomic E-state index is 1.02. The van der Waals surface area contributed by atoms with Crippen LogP contribution in [0, 0.1) is 0 Å². The van der Waals surface area contributed by atoms with Gasteiger partial charge in [0.1, 0.15) is 0 Å². The molecule has 0 atom stereocenters. The minimum atomic E-state index is -2.37. The van der Waals surface area contributed by atoms with Crippen LogP contribution in [0.4, 0.5) is 5.69 Å². The molecule has 0 aromatic heterocycles. The number of benzene rings is 1. The van der Waals surface area contributed by atoms with E-state index >= 15 is 0 Å². The van der Waals surface area contributed by atoms with Gasteiger partial charge < -0.3 is 0 Å². The Labute approximate surface area is 154 Å². The van der Waals surface area contributed by atoms with Crippen LogP contribution in [0.1, 0.15) is 64.9 Å². The molecule has 1 heterocycles. The van der Waals surface area contributed by atoms with Gasteiger partial charge in [-0.3, -0.25) is 0 Å².